The number of hydrogen-bond acceptors (Lipinski definition) is 3. The molecule has 2 aromatic rings. The van der Waals surface area contributed by atoms with Crippen LogP contribution in [0.15, 0.2) is 43.0 Å². The number of amides is 1. The highest BCUT2D eigenvalue weighted by molar-refractivity contribution is 5.94. The van der Waals surface area contributed by atoms with Crippen LogP contribution in [0, 0.1) is 11.8 Å². The number of aromatic nitrogens is 2. The van der Waals surface area contributed by atoms with Gasteiger partial charge in [0.2, 0.25) is 0 Å². The molecule has 2 aliphatic rings. The highest BCUT2D eigenvalue weighted by atomic mass is 16.2. The van der Waals surface area contributed by atoms with E-state index in [0.717, 1.165) is 63.5 Å². The Labute approximate surface area is 155 Å². The number of rotatable bonds is 5. The highest BCUT2D eigenvalue weighted by Gasteiger charge is 2.24. The van der Waals surface area contributed by atoms with Crippen molar-refractivity contribution in [1.29, 1.82) is 0 Å². The molecule has 5 nitrogen and oxygen atoms in total. The molecule has 3 heterocycles. The summed E-state index contributed by atoms with van der Waals surface area (Å²) in [7, 11) is 0. The van der Waals surface area contributed by atoms with Crippen LogP contribution in [-0.4, -0.2) is 46.5 Å². The number of piperidine rings is 1. The monoisotopic (exact) mass is 352 g/mol. The molecule has 0 spiro atoms. The molecule has 1 unspecified atom stereocenters. The Morgan fingerprint density at radius 2 is 1.92 bits per heavy atom. The molecular formula is C21H28N4O. The van der Waals surface area contributed by atoms with Gasteiger partial charge in [0.1, 0.15) is 0 Å². The summed E-state index contributed by atoms with van der Waals surface area (Å²) in [5.74, 6) is 1.56. The SMILES string of the molecule is O=C(c1ccc(CC2CCNC2)cc1)N1CCC(Cn2ccnc2)CC1. The van der Waals surface area contributed by atoms with Crippen molar-refractivity contribution in [3.63, 3.8) is 0 Å². The van der Waals surface area contributed by atoms with Crippen LogP contribution >= 0.6 is 0 Å². The third-order valence-electron chi connectivity index (χ3n) is 5.82. The van der Waals surface area contributed by atoms with Gasteiger partial charge in [0.05, 0.1) is 6.33 Å². The van der Waals surface area contributed by atoms with Crippen LogP contribution < -0.4 is 5.32 Å². The van der Waals surface area contributed by atoms with Gasteiger partial charge in [0.15, 0.2) is 0 Å². The van der Waals surface area contributed by atoms with Gasteiger partial charge in [-0.3, -0.25) is 4.79 Å². The molecule has 138 valence electrons. The van der Waals surface area contributed by atoms with Crippen molar-refractivity contribution in [3.8, 4) is 0 Å². The van der Waals surface area contributed by atoms with Crippen molar-refractivity contribution in [3.05, 3.63) is 54.1 Å². The molecule has 1 atom stereocenters. The summed E-state index contributed by atoms with van der Waals surface area (Å²) in [6.45, 7) is 4.97. The van der Waals surface area contributed by atoms with Gasteiger partial charge in [0, 0.05) is 37.6 Å². The molecule has 0 saturated carbocycles. The number of hydrogen-bond donors (Lipinski definition) is 1. The number of imidazole rings is 1. The first-order valence-electron chi connectivity index (χ1n) is 9.82. The average Bonchev–Trinajstić information content (AvgIpc) is 3.37. The maximum atomic E-state index is 12.8. The van der Waals surface area contributed by atoms with Crippen molar-refractivity contribution < 1.29 is 4.79 Å². The quantitative estimate of drug-likeness (QED) is 0.900. The fourth-order valence-corrected chi connectivity index (χ4v) is 4.20. The molecule has 4 rings (SSSR count). The smallest absolute Gasteiger partial charge is 0.253 e. The maximum absolute atomic E-state index is 12.8. The number of carbonyl (C=O) groups is 1. The van der Waals surface area contributed by atoms with Gasteiger partial charge < -0.3 is 14.8 Å². The third-order valence-corrected chi connectivity index (χ3v) is 5.82. The second-order valence-corrected chi connectivity index (χ2v) is 7.75. The predicted octanol–water partition coefficient (Wildman–Crippen LogP) is 2.59. The minimum Gasteiger partial charge on any atom is -0.339 e. The lowest BCUT2D eigenvalue weighted by atomic mass is 9.95. The van der Waals surface area contributed by atoms with E-state index in [-0.39, 0.29) is 5.91 Å². The topological polar surface area (TPSA) is 50.2 Å². The van der Waals surface area contributed by atoms with Crippen LogP contribution in [0.1, 0.15) is 35.2 Å². The molecule has 2 aliphatic heterocycles. The van der Waals surface area contributed by atoms with Gasteiger partial charge in [-0.15, -0.1) is 0 Å². The van der Waals surface area contributed by atoms with Crippen molar-refractivity contribution in [1.82, 2.24) is 19.8 Å². The lowest BCUT2D eigenvalue weighted by Crippen LogP contribution is -2.39. The molecule has 0 radical (unpaired) electrons. The lowest BCUT2D eigenvalue weighted by molar-refractivity contribution is 0.0683. The molecule has 1 amide bonds. The van der Waals surface area contributed by atoms with Gasteiger partial charge in [-0.25, -0.2) is 4.98 Å². The number of benzene rings is 1. The lowest BCUT2D eigenvalue weighted by Gasteiger charge is -2.32. The predicted molar refractivity (Wildman–Crippen MR) is 102 cm³/mol. The van der Waals surface area contributed by atoms with Gasteiger partial charge >= 0.3 is 0 Å². The molecule has 0 bridgehead atoms. The van der Waals surface area contributed by atoms with Gasteiger partial charge in [0.25, 0.3) is 5.91 Å². The first-order chi connectivity index (χ1) is 12.8. The normalized spacial score (nSPS) is 21.2. The Kier molecular flexibility index (Phi) is 5.34. The second kappa shape index (κ2) is 8.04. The summed E-state index contributed by atoms with van der Waals surface area (Å²) in [6, 6.07) is 8.30. The molecule has 1 aromatic heterocycles. The Morgan fingerprint density at radius 3 is 2.58 bits per heavy atom. The summed E-state index contributed by atoms with van der Waals surface area (Å²) < 4.78 is 2.14. The Balaban J connectivity index is 1.29. The Bertz CT molecular complexity index is 696. The van der Waals surface area contributed by atoms with E-state index >= 15 is 0 Å². The fraction of sp³-hybridized carbons (Fsp3) is 0.524. The van der Waals surface area contributed by atoms with E-state index in [4.69, 9.17) is 0 Å². The number of carbonyl (C=O) groups excluding carboxylic acids is 1. The third kappa shape index (κ3) is 4.15. The van der Waals surface area contributed by atoms with Crippen molar-refractivity contribution in [2.75, 3.05) is 26.2 Å². The zero-order valence-corrected chi connectivity index (χ0v) is 15.3. The van der Waals surface area contributed by atoms with Crippen molar-refractivity contribution >= 4 is 5.91 Å². The van der Waals surface area contributed by atoms with Crippen LogP contribution in [0.4, 0.5) is 0 Å². The molecule has 1 aromatic carbocycles. The van der Waals surface area contributed by atoms with Crippen molar-refractivity contribution in [2.24, 2.45) is 11.8 Å². The van der Waals surface area contributed by atoms with E-state index in [2.05, 4.69) is 27.0 Å². The van der Waals surface area contributed by atoms with Crippen LogP contribution in [-0.2, 0) is 13.0 Å². The summed E-state index contributed by atoms with van der Waals surface area (Å²) in [6.07, 6.45) is 10.2. The number of nitrogens with one attached hydrogen (secondary N) is 1. The van der Waals surface area contributed by atoms with E-state index in [1.165, 1.54) is 12.0 Å². The summed E-state index contributed by atoms with van der Waals surface area (Å²) in [5.41, 5.74) is 2.17. The summed E-state index contributed by atoms with van der Waals surface area (Å²) in [5, 5.41) is 3.42. The van der Waals surface area contributed by atoms with E-state index in [0.29, 0.717) is 5.92 Å². The van der Waals surface area contributed by atoms with Gasteiger partial charge in [-0.1, -0.05) is 12.1 Å². The van der Waals surface area contributed by atoms with E-state index < -0.39 is 0 Å². The molecule has 26 heavy (non-hydrogen) atoms. The second-order valence-electron chi connectivity index (χ2n) is 7.75. The van der Waals surface area contributed by atoms with Crippen LogP contribution in [0.3, 0.4) is 0 Å². The number of likely N-dealkylation sites (tertiary alicyclic amines) is 1. The molecule has 0 aliphatic carbocycles. The van der Waals surface area contributed by atoms with Crippen LogP contribution in [0.2, 0.25) is 0 Å². The van der Waals surface area contributed by atoms with E-state index in [9.17, 15) is 4.79 Å². The fourth-order valence-electron chi connectivity index (χ4n) is 4.20. The molecule has 2 saturated heterocycles. The number of nitrogens with zero attached hydrogens (tertiary/aromatic N) is 3. The highest BCUT2D eigenvalue weighted by Crippen LogP contribution is 2.21. The van der Waals surface area contributed by atoms with Gasteiger partial charge in [-0.2, -0.15) is 0 Å². The zero-order valence-electron chi connectivity index (χ0n) is 15.3. The standard InChI is InChI=1S/C21H28N4O/c26-21(20-3-1-17(2-4-20)13-19-5-8-22-14-19)25-10-6-18(7-11-25)15-24-12-9-23-16-24/h1-4,9,12,16,18-19,22H,5-8,10-11,13-15H2. The van der Waals surface area contributed by atoms with Gasteiger partial charge in [-0.05, 0) is 68.3 Å². The van der Waals surface area contributed by atoms with E-state index in [1.807, 2.05) is 35.8 Å². The summed E-state index contributed by atoms with van der Waals surface area (Å²) >= 11 is 0. The van der Waals surface area contributed by atoms with E-state index in [1.54, 1.807) is 0 Å². The Hall–Kier alpha value is -2.14. The Morgan fingerprint density at radius 1 is 1.12 bits per heavy atom. The molecule has 1 N–H and O–H groups in total. The molecule has 5 heteroatoms. The van der Waals surface area contributed by atoms with Crippen LogP contribution in [0.5, 0.6) is 0 Å². The summed E-state index contributed by atoms with van der Waals surface area (Å²) in [4.78, 5) is 18.9. The zero-order chi connectivity index (χ0) is 17.8. The maximum Gasteiger partial charge on any atom is 0.253 e. The molecule has 2 fully saturated rings. The first kappa shape index (κ1) is 17.3. The minimum absolute atomic E-state index is 0.181. The first-order valence-corrected chi connectivity index (χ1v) is 9.82. The van der Waals surface area contributed by atoms with Crippen LogP contribution in [0.25, 0.3) is 0 Å². The average molecular weight is 352 g/mol. The molecular weight excluding hydrogens is 324 g/mol. The minimum atomic E-state index is 0.181. The van der Waals surface area contributed by atoms with Crippen molar-refractivity contribution in [2.45, 2.75) is 32.2 Å². The largest absolute Gasteiger partial charge is 0.339 e.